The molecule has 0 bridgehead atoms. The Morgan fingerprint density at radius 3 is 2.70 bits per heavy atom. The molecule has 27 heavy (non-hydrogen) atoms. The van der Waals surface area contributed by atoms with E-state index in [1.807, 2.05) is 41.3 Å². The molecule has 2 heterocycles. The van der Waals surface area contributed by atoms with Crippen LogP contribution in [0.3, 0.4) is 0 Å². The van der Waals surface area contributed by atoms with Crippen LogP contribution in [-0.4, -0.2) is 43.1 Å². The zero-order chi connectivity index (χ0) is 18.8. The summed E-state index contributed by atoms with van der Waals surface area (Å²) >= 11 is 0. The summed E-state index contributed by atoms with van der Waals surface area (Å²) in [5.74, 6) is -0.391. The first kappa shape index (κ1) is 17.5. The molecule has 1 saturated heterocycles. The van der Waals surface area contributed by atoms with E-state index in [0.29, 0.717) is 17.7 Å². The van der Waals surface area contributed by atoms with E-state index in [1.54, 1.807) is 12.1 Å². The van der Waals surface area contributed by atoms with Gasteiger partial charge >= 0.3 is 5.97 Å². The standard InChI is InChI=1S/C21H22N2O4/c1-26-21(25)15-10-8-14(9-11-15)19-22-18-7-3-2-6-17(18)20(24)23(19)13-16-5-4-12-27-16/h2-3,6-11,16,19,22H,4-5,12-13H2,1H3/t16-,19-/m1/s1. The van der Waals surface area contributed by atoms with Crippen LogP contribution in [0.1, 0.15) is 45.3 Å². The second-order valence-corrected chi connectivity index (χ2v) is 6.80. The molecule has 0 aliphatic carbocycles. The normalized spacial score (nSPS) is 21.5. The highest BCUT2D eigenvalue weighted by molar-refractivity contribution is 6.01. The van der Waals surface area contributed by atoms with E-state index < -0.39 is 0 Å². The number of nitrogens with zero attached hydrogens (tertiary/aromatic N) is 1. The monoisotopic (exact) mass is 366 g/mol. The van der Waals surface area contributed by atoms with Crippen molar-refractivity contribution in [1.82, 2.24) is 4.90 Å². The molecule has 0 radical (unpaired) electrons. The van der Waals surface area contributed by atoms with Crippen LogP contribution < -0.4 is 5.32 Å². The summed E-state index contributed by atoms with van der Waals surface area (Å²) in [5.41, 5.74) is 2.86. The number of para-hydroxylation sites is 1. The number of ether oxygens (including phenoxy) is 2. The molecule has 0 aromatic heterocycles. The van der Waals surface area contributed by atoms with Crippen molar-refractivity contribution < 1.29 is 19.1 Å². The topological polar surface area (TPSA) is 67.9 Å². The van der Waals surface area contributed by atoms with Gasteiger partial charge in [-0.2, -0.15) is 0 Å². The molecule has 6 nitrogen and oxygen atoms in total. The molecule has 2 aliphatic heterocycles. The molecule has 0 spiro atoms. The van der Waals surface area contributed by atoms with Gasteiger partial charge in [0.25, 0.3) is 5.91 Å². The maximum atomic E-state index is 13.2. The van der Waals surface area contributed by atoms with Crippen molar-refractivity contribution in [3.8, 4) is 0 Å². The van der Waals surface area contributed by atoms with Crippen molar-refractivity contribution in [2.45, 2.75) is 25.1 Å². The first-order valence-corrected chi connectivity index (χ1v) is 9.14. The third kappa shape index (κ3) is 3.40. The zero-order valence-corrected chi connectivity index (χ0v) is 15.2. The molecular weight excluding hydrogens is 344 g/mol. The minimum absolute atomic E-state index is 0.0121. The molecule has 0 unspecified atom stereocenters. The van der Waals surface area contributed by atoms with Crippen LogP contribution in [0.5, 0.6) is 0 Å². The Hall–Kier alpha value is -2.86. The third-order valence-corrected chi connectivity index (χ3v) is 5.09. The van der Waals surface area contributed by atoms with Gasteiger partial charge in [0.05, 0.1) is 24.3 Å². The predicted molar refractivity (Wildman–Crippen MR) is 101 cm³/mol. The van der Waals surface area contributed by atoms with Crippen molar-refractivity contribution in [2.75, 3.05) is 25.6 Å². The summed E-state index contributed by atoms with van der Waals surface area (Å²) in [7, 11) is 1.36. The minimum atomic E-state index is -0.379. The highest BCUT2D eigenvalue weighted by Crippen LogP contribution is 2.34. The molecule has 140 valence electrons. The number of carbonyl (C=O) groups is 2. The summed E-state index contributed by atoms with van der Waals surface area (Å²) in [5, 5.41) is 3.46. The average Bonchev–Trinajstić information content (AvgIpc) is 3.23. The molecule has 6 heteroatoms. The van der Waals surface area contributed by atoms with Gasteiger partial charge in [0.1, 0.15) is 6.17 Å². The fourth-order valence-electron chi connectivity index (χ4n) is 3.67. The van der Waals surface area contributed by atoms with E-state index >= 15 is 0 Å². The van der Waals surface area contributed by atoms with E-state index in [1.165, 1.54) is 7.11 Å². The Morgan fingerprint density at radius 2 is 2.00 bits per heavy atom. The van der Waals surface area contributed by atoms with Crippen LogP contribution in [0.2, 0.25) is 0 Å². The SMILES string of the molecule is COC(=O)c1ccc([C@@H]2Nc3ccccc3C(=O)N2C[C@H]2CCCO2)cc1. The zero-order valence-electron chi connectivity index (χ0n) is 15.2. The molecule has 2 aromatic carbocycles. The lowest BCUT2D eigenvalue weighted by Gasteiger charge is -2.39. The van der Waals surface area contributed by atoms with Gasteiger partial charge in [0.15, 0.2) is 0 Å². The Morgan fingerprint density at radius 1 is 1.22 bits per heavy atom. The Kier molecular flexibility index (Phi) is 4.81. The number of methoxy groups -OCH3 is 1. The highest BCUT2D eigenvalue weighted by atomic mass is 16.5. The molecule has 1 amide bonds. The summed E-state index contributed by atoms with van der Waals surface area (Å²) in [6.45, 7) is 1.28. The summed E-state index contributed by atoms with van der Waals surface area (Å²) < 4.78 is 10.5. The summed E-state index contributed by atoms with van der Waals surface area (Å²) in [6, 6.07) is 14.7. The van der Waals surface area contributed by atoms with Crippen molar-refractivity contribution in [3.63, 3.8) is 0 Å². The predicted octanol–water partition coefficient (Wildman–Crippen LogP) is 3.22. The van der Waals surface area contributed by atoms with Gasteiger partial charge in [-0.05, 0) is 42.7 Å². The average molecular weight is 366 g/mol. The number of amides is 1. The molecule has 4 rings (SSSR count). The quantitative estimate of drug-likeness (QED) is 0.842. The van der Waals surface area contributed by atoms with Gasteiger partial charge in [0.2, 0.25) is 0 Å². The lowest BCUT2D eigenvalue weighted by atomic mass is 10.0. The van der Waals surface area contributed by atoms with Crippen LogP contribution in [0.4, 0.5) is 5.69 Å². The largest absolute Gasteiger partial charge is 0.465 e. The number of fused-ring (bicyclic) bond motifs is 1. The van der Waals surface area contributed by atoms with E-state index in [2.05, 4.69) is 5.32 Å². The van der Waals surface area contributed by atoms with Crippen molar-refractivity contribution >= 4 is 17.6 Å². The number of rotatable bonds is 4. The first-order valence-electron chi connectivity index (χ1n) is 9.14. The second kappa shape index (κ2) is 7.40. The molecule has 1 N–H and O–H groups in total. The third-order valence-electron chi connectivity index (χ3n) is 5.09. The van der Waals surface area contributed by atoms with Gasteiger partial charge in [-0.15, -0.1) is 0 Å². The van der Waals surface area contributed by atoms with E-state index in [9.17, 15) is 9.59 Å². The van der Waals surface area contributed by atoms with Crippen LogP contribution in [0.25, 0.3) is 0 Å². The number of benzene rings is 2. The molecule has 2 aliphatic rings. The smallest absolute Gasteiger partial charge is 0.337 e. The van der Waals surface area contributed by atoms with Crippen LogP contribution in [0, 0.1) is 0 Å². The van der Waals surface area contributed by atoms with Gasteiger partial charge < -0.3 is 19.7 Å². The van der Waals surface area contributed by atoms with Crippen molar-refractivity contribution in [3.05, 3.63) is 65.2 Å². The van der Waals surface area contributed by atoms with Gasteiger partial charge in [-0.25, -0.2) is 4.79 Å². The van der Waals surface area contributed by atoms with Crippen molar-refractivity contribution in [1.29, 1.82) is 0 Å². The Bertz CT molecular complexity index is 844. The molecule has 2 atom stereocenters. The number of anilines is 1. The van der Waals surface area contributed by atoms with Crippen LogP contribution >= 0.6 is 0 Å². The number of hydrogen-bond donors (Lipinski definition) is 1. The lowest BCUT2D eigenvalue weighted by Crippen LogP contribution is -2.46. The number of nitrogens with one attached hydrogen (secondary N) is 1. The highest BCUT2D eigenvalue weighted by Gasteiger charge is 2.35. The molecular formula is C21H22N2O4. The van der Waals surface area contributed by atoms with Crippen LogP contribution in [-0.2, 0) is 9.47 Å². The van der Waals surface area contributed by atoms with Gasteiger partial charge in [0, 0.05) is 18.8 Å². The minimum Gasteiger partial charge on any atom is -0.465 e. The Labute approximate surface area is 158 Å². The molecule has 1 fully saturated rings. The van der Waals surface area contributed by atoms with Crippen LogP contribution in [0.15, 0.2) is 48.5 Å². The fourth-order valence-corrected chi connectivity index (χ4v) is 3.67. The second-order valence-electron chi connectivity index (χ2n) is 6.80. The van der Waals surface area contributed by atoms with E-state index in [0.717, 1.165) is 30.7 Å². The fraction of sp³-hybridized carbons (Fsp3) is 0.333. The number of esters is 1. The van der Waals surface area contributed by atoms with Gasteiger partial charge in [-0.1, -0.05) is 24.3 Å². The first-order chi connectivity index (χ1) is 13.2. The van der Waals surface area contributed by atoms with Crippen molar-refractivity contribution in [2.24, 2.45) is 0 Å². The summed E-state index contributed by atoms with van der Waals surface area (Å²) in [4.78, 5) is 26.7. The van der Waals surface area contributed by atoms with E-state index in [4.69, 9.17) is 9.47 Å². The lowest BCUT2D eigenvalue weighted by molar-refractivity contribution is 0.0426. The van der Waals surface area contributed by atoms with Gasteiger partial charge in [-0.3, -0.25) is 4.79 Å². The summed E-state index contributed by atoms with van der Waals surface area (Å²) in [6.07, 6.45) is 1.72. The van der Waals surface area contributed by atoms with E-state index in [-0.39, 0.29) is 24.1 Å². The number of hydrogen-bond acceptors (Lipinski definition) is 5. The Balaban J connectivity index is 1.67. The number of carbonyl (C=O) groups excluding carboxylic acids is 2. The maximum Gasteiger partial charge on any atom is 0.337 e. The molecule has 0 saturated carbocycles. The maximum absolute atomic E-state index is 13.2. The molecule has 2 aromatic rings.